The number of nitrogens with one attached hydrogen (secondary N) is 1. The minimum atomic E-state index is -0.488. The molecule has 5 nitrogen and oxygen atoms in total. The fourth-order valence-corrected chi connectivity index (χ4v) is 2.38. The van der Waals surface area contributed by atoms with Crippen LogP contribution in [-0.4, -0.2) is 30.3 Å². The maximum Gasteiger partial charge on any atom is 0.407 e. The van der Waals surface area contributed by atoms with E-state index >= 15 is 0 Å². The highest BCUT2D eigenvalue weighted by Gasteiger charge is 2.39. The summed E-state index contributed by atoms with van der Waals surface area (Å²) in [6, 6.07) is 0.0763. The number of ether oxygens (including phenoxy) is 2. The van der Waals surface area contributed by atoms with Crippen LogP contribution in [0.4, 0.5) is 4.79 Å². The number of esters is 1. The van der Waals surface area contributed by atoms with Crippen molar-refractivity contribution in [3.63, 3.8) is 0 Å². The van der Waals surface area contributed by atoms with Gasteiger partial charge in [-0.1, -0.05) is 0 Å². The first-order chi connectivity index (χ1) is 9.16. The van der Waals surface area contributed by atoms with Crippen molar-refractivity contribution < 1.29 is 19.1 Å². The minimum Gasteiger partial charge on any atom is -0.466 e. The molecule has 0 radical (unpaired) electrons. The van der Waals surface area contributed by atoms with Crippen LogP contribution in [0.1, 0.15) is 60.3 Å². The molecule has 0 aromatic heterocycles. The van der Waals surface area contributed by atoms with Crippen LogP contribution in [-0.2, 0) is 14.3 Å². The molecule has 1 aliphatic rings. The van der Waals surface area contributed by atoms with E-state index in [4.69, 9.17) is 9.47 Å². The predicted octanol–water partition coefficient (Wildman–Crippen LogP) is 3.02. The van der Waals surface area contributed by atoms with Crippen molar-refractivity contribution >= 4 is 12.1 Å². The van der Waals surface area contributed by atoms with Crippen LogP contribution in [0.2, 0.25) is 0 Å². The maximum atomic E-state index is 11.9. The van der Waals surface area contributed by atoms with E-state index in [0.29, 0.717) is 6.61 Å². The molecule has 0 saturated heterocycles. The Morgan fingerprint density at radius 1 is 1.25 bits per heavy atom. The van der Waals surface area contributed by atoms with Crippen molar-refractivity contribution in [1.29, 1.82) is 0 Å². The van der Waals surface area contributed by atoms with E-state index in [9.17, 15) is 9.59 Å². The van der Waals surface area contributed by atoms with Gasteiger partial charge in [0.15, 0.2) is 0 Å². The lowest BCUT2D eigenvalue weighted by Crippen LogP contribution is -2.44. The van der Waals surface area contributed by atoms with Gasteiger partial charge in [0.05, 0.1) is 12.0 Å². The molecule has 1 fully saturated rings. The number of rotatable bonds is 3. The maximum absolute atomic E-state index is 11.9. The molecule has 116 valence electrons. The Labute approximate surface area is 121 Å². The van der Waals surface area contributed by atoms with Gasteiger partial charge in [0.2, 0.25) is 0 Å². The molecule has 0 heterocycles. The Morgan fingerprint density at radius 2 is 1.80 bits per heavy atom. The summed E-state index contributed by atoms with van der Waals surface area (Å²) < 4.78 is 10.4. The summed E-state index contributed by atoms with van der Waals surface area (Å²) in [5.41, 5.74) is -0.902. The van der Waals surface area contributed by atoms with Gasteiger partial charge in [-0.25, -0.2) is 4.79 Å². The average molecular weight is 285 g/mol. The Balaban J connectivity index is 2.42. The van der Waals surface area contributed by atoms with Gasteiger partial charge >= 0.3 is 12.1 Å². The van der Waals surface area contributed by atoms with Gasteiger partial charge in [0.25, 0.3) is 0 Å². The molecule has 5 heteroatoms. The van der Waals surface area contributed by atoms with Crippen LogP contribution in [0.25, 0.3) is 0 Å². The Kier molecular flexibility index (Phi) is 5.42. The molecule has 0 aliphatic heterocycles. The Morgan fingerprint density at radius 3 is 2.25 bits per heavy atom. The molecule has 0 unspecified atom stereocenters. The molecule has 0 atom stereocenters. The summed E-state index contributed by atoms with van der Waals surface area (Å²) in [5.74, 6) is -0.129. The van der Waals surface area contributed by atoms with E-state index < -0.39 is 11.0 Å². The van der Waals surface area contributed by atoms with Crippen molar-refractivity contribution in [2.75, 3.05) is 6.61 Å². The van der Waals surface area contributed by atoms with Crippen molar-refractivity contribution in [3.8, 4) is 0 Å². The number of amides is 1. The molecule has 20 heavy (non-hydrogen) atoms. The van der Waals surface area contributed by atoms with E-state index in [-0.39, 0.29) is 18.1 Å². The highest BCUT2D eigenvalue weighted by atomic mass is 16.6. The monoisotopic (exact) mass is 285 g/mol. The number of hydrogen-bond donors (Lipinski definition) is 1. The fraction of sp³-hybridized carbons (Fsp3) is 0.867. The number of alkyl carbamates (subject to hydrolysis) is 1. The molecule has 0 aromatic rings. The third-order valence-corrected chi connectivity index (χ3v) is 3.58. The molecule has 1 amide bonds. The van der Waals surface area contributed by atoms with E-state index in [0.717, 1.165) is 25.7 Å². The van der Waals surface area contributed by atoms with Gasteiger partial charge < -0.3 is 14.8 Å². The molecule has 0 bridgehead atoms. The lowest BCUT2D eigenvalue weighted by Gasteiger charge is -2.35. The summed E-state index contributed by atoms with van der Waals surface area (Å²) in [6.45, 7) is 9.68. The van der Waals surface area contributed by atoms with Crippen LogP contribution >= 0.6 is 0 Å². The highest BCUT2D eigenvalue weighted by molar-refractivity contribution is 5.76. The van der Waals surface area contributed by atoms with Crippen molar-refractivity contribution in [1.82, 2.24) is 5.32 Å². The summed E-state index contributed by atoms with van der Waals surface area (Å²) in [4.78, 5) is 23.6. The third kappa shape index (κ3) is 5.02. The van der Waals surface area contributed by atoms with Crippen LogP contribution in [0.3, 0.4) is 0 Å². The normalized spacial score (nSPS) is 26.8. The molecule has 1 rings (SSSR count). The molecular formula is C15H27NO4. The summed E-state index contributed by atoms with van der Waals surface area (Å²) >= 11 is 0. The van der Waals surface area contributed by atoms with Crippen molar-refractivity contribution in [2.45, 2.75) is 71.9 Å². The lowest BCUT2D eigenvalue weighted by atomic mass is 9.74. The first-order valence-electron chi connectivity index (χ1n) is 7.33. The Hall–Kier alpha value is -1.26. The van der Waals surface area contributed by atoms with E-state index in [2.05, 4.69) is 5.32 Å². The lowest BCUT2D eigenvalue weighted by molar-refractivity contribution is -0.156. The van der Waals surface area contributed by atoms with Crippen LogP contribution in [0.5, 0.6) is 0 Å². The largest absolute Gasteiger partial charge is 0.466 e. The number of carbonyl (C=O) groups excluding carboxylic acids is 2. The number of carbonyl (C=O) groups is 2. The average Bonchev–Trinajstić information content (AvgIpc) is 2.30. The van der Waals surface area contributed by atoms with Gasteiger partial charge in [-0.15, -0.1) is 0 Å². The summed E-state index contributed by atoms with van der Waals surface area (Å²) in [6.07, 6.45) is 2.61. The van der Waals surface area contributed by atoms with Gasteiger partial charge in [0.1, 0.15) is 5.60 Å². The van der Waals surface area contributed by atoms with Gasteiger partial charge in [-0.05, 0) is 60.3 Å². The smallest absolute Gasteiger partial charge is 0.407 e. The number of hydrogen-bond acceptors (Lipinski definition) is 4. The molecule has 1 N–H and O–H groups in total. The standard InChI is InChI=1S/C15H27NO4/c1-6-19-12(17)15(5)9-7-11(8-10-15)16-13(18)20-14(2,3)4/h11H,6-10H2,1-5H3,(H,16,18). The van der Waals surface area contributed by atoms with Crippen LogP contribution < -0.4 is 5.32 Å². The summed E-state index contributed by atoms with van der Waals surface area (Å²) in [5, 5.41) is 2.87. The first-order valence-corrected chi connectivity index (χ1v) is 7.33. The van der Waals surface area contributed by atoms with Crippen LogP contribution in [0, 0.1) is 5.41 Å². The Bertz CT molecular complexity index is 351. The zero-order chi connectivity index (χ0) is 15.4. The van der Waals surface area contributed by atoms with E-state index in [1.807, 2.05) is 34.6 Å². The second-order valence-electron chi connectivity index (χ2n) is 6.70. The SMILES string of the molecule is CCOC(=O)C1(C)CCC(NC(=O)OC(C)(C)C)CC1. The molecule has 0 spiro atoms. The molecule has 1 saturated carbocycles. The fourth-order valence-electron chi connectivity index (χ4n) is 2.38. The summed E-state index contributed by atoms with van der Waals surface area (Å²) in [7, 11) is 0. The van der Waals surface area contributed by atoms with Crippen molar-refractivity contribution in [2.24, 2.45) is 5.41 Å². The molecule has 1 aliphatic carbocycles. The van der Waals surface area contributed by atoms with Gasteiger partial charge in [-0.3, -0.25) is 4.79 Å². The van der Waals surface area contributed by atoms with Gasteiger partial charge in [-0.2, -0.15) is 0 Å². The van der Waals surface area contributed by atoms with Crippen molar-refractivity contribution in [3.05, 3.63) is 0 Å². The topological polar surface area (TPSA) is 64.6 Å². The third-order valence-electron chi connectivity index (χ3n) is 3.58. The van der Waals surface area contributed by atoms with E-state index in [1.165, 1.54) is 0 Å². The zero-order valence-corrected chi connectivity index (χ0v) is 13.2. The molecule has 0 aromatic carbocycles. The predicted molar refractivity (Wildman–Crippen MR) is 76.4 cm³/mol. The quantitative estimate of drug-likeness (QED) is 0.809. The minimum absolute atomic E-state index is 0.0763. The second kappa shape index (κ2) is 6.46. The zero-order valence-electron chi connectivity index (χ0n) is 13.2. The van der Waals surface area contributed by atoms with Gasteiger partial charge in [0, 0.05) is 6.04 Å². The molecular weight excluding hydrogens is 258 g/mol. The highest BCUT2D eigenvalue weighted by Crippen LogP contribution is 2.37. The van der Waals surface area contributed by atoms with Crippen LogP contribution in [0.15, 0.2) is 0 Å². The first kappa shape index (κ1) is 16.8. The second-order valence-corrected chi connectivity index (χ2v) is 6.70. The van der Waals surface area contributed by atoms with E-state index in [1.54, 1.807) is 0 Å².